The molecule has 0 aliphatic carbocycles. The van der Waals surface area contributed by atoms with Crippen LogP contribution in [0.4, 0.5) is 11.5 Å². The van der Waals surface area contributed by atoms with E-state index in [0.29, 0.717) is 29.7 Å². The maximum atomic E-state index is 12.8. The van der Waals surface area contributed by atoms with Crippen LogP contribution in [-0.2, 0) is 7.05 Å². The second-order valence-corrected chi connectivity index (χ2v) is 9.57. The molecule has 1 amide bonds. The summed E-state index contributed by atoms with van der Waals surface area (Å²) in [4.78, 5) is 23.7. The molecular weight excluding hydrogens is 470 g/mol. The molecule has 5 aromatic rings. The number of hydrogen-bond donors (Lipinski definition) is 2. The molecule has 1 aliphatic rings. The molecule has 190 valence electrons. The fraction of sp³-hybridized carbons (Fsp3) is 0.346. The summed E-state index contributed by atoms with van der Waals surface area (Å²) in [7, 11) is 1.89. The number of hydrogen-bond acceptors (Lipinski definition) is 8. The number of amides is 1. The average molecular weight is 500 g/mol. The monoisotopic (exact) mass is 499 g/mol. The van der Waals surface area contributed by atoms with Crippen molar-refractivity contribution in [2.45, 2.75) is 32.7 Å². The maximum Gasteiger partial charge on any atom is 0.252 e. The lowest BCUT2D eigenvalue weighted by molar-refractivity contribution is 0.0947. The van der Waals surface area contributed by atoms with Crippen LogP contribution in [0, 0.1) is 6.92 Å². The Morgan fingerprint density at radius 2 is 2.14 bits per heavy atom. The van der Waals surface area contributed by atoms with Gasteiger partial charge in [-0.2, -0.15) is 10.2 Å². The van der Waals surface area contributed by atoms with Crippen LogP contribution in [0.5, 0.6) is 0 Å². The van der Waals surface area contributed by atoms with Gasteiger partial charge in [-0.25, -0.2) is 9.50 Å². The number of rotatable bonds is 7. The second-order valence-electron chi connectivity index (χ2n) is 9.57. The van der Waals surface area contributed by atoms with Gasteiger partial charge in [-0.15, -0.1) is 0 Å². The Hall–Kier alpha value is -4.25. The quantitative estimate of drug-likeness (QED) is 0.349. The zero-order valence-corrected chi connectivity index (χ0v) is 21.1. The summed E-state index contributed by atoms with van der Waals surface area (Å²) >= 11 is 0. The first kappa shape index (κ1) is 23.2. The lowest BCUT2D eigenvalue weighted by Crippen LogP contribution is -2.36. The maximum absolute atomic E-state index is 12.8. The number of aryl methyl sites for hydroxylation is 2. The number of aromatic nitrogens is 6. The molecule has 11 nitrogen and oxygen atoms in total. The molecule has 0 radical (unpaired) electrons. The lowest BCUT2D eigenvalue weighted by atomic mass is 10.2. The average Bonchev–Trinajstić information content (AvgIpc) is 3.68. The predicted octanol–water partition coefficient (Wildman–Crippen LogP) is 3.54. The van der Waals surface area contributed by atoms with E-state index in [1.165, 1.54) is 19.2 Å². The number of anilines is 2. The van der Waals surface area contributed by atoms with E-state index in [9.17, 15) is 4.79 Å². The summed E-state index contributed by atoms with van der Waals surface area (Å²) in [6.07, 6.45) is 10.8. The van der Waals surface area contributed by atoms with Crippen LogP contribution in [0.1, 0.15) is 35.8 Å². The van der Waals surface area contributed by atoms with Crippen LogP contribution in [0.15, 0.2) is 47.7 Å². The molecule has 1 atom stereocenters. The first-order valence-electron chi connectivity index (χ1n) is 12.5. The fourth-order valence-electron chi connectivity index (χ4n) is 5.05. The number of carbonyl (C=O) groups excluding carboxylic acids is 1. The molecule has 1 aliphatic heterocycles. The van der Waals surface area contributed by atoms with Crippen molar-refractivity contribution in [1.29, 1.82) is 0 Å². The van der Waals surface area contributed by atoms with Crippen LogP contribution in [0.3, 0.4) is 0 Å². The van der Waals surface area contributed by atoms with E-state index in [0.717, 1.165) is 46.5 Å². The minimum atomic E-state index is -0.134. The first-order chi connectivity index (χ1) is 18.0. The third-order valence-electron chi connectivity index (χ3n) is 7.13. The Bertz CT molecular complexity index is 1580. The highest BCUT2D eigenvalue weighted by Crippen LogP contribution is 2.31. The van der Waals surface area contributed by atoms with Gasteiger partial charge in [0.2, 0.25) is 0 Å². The van der Waals surface area contributed by atoms with Crippen molar-refractivity contribution in [3.05, 3.63) is 54.6 Å². The van der Waals surface area contributed by atoms with Gasteiger partial charge in [0.15, 0.2) is 18.0 Å². The summed E-state index contributed by atoms with van der Waals surface area (Å²) in [5.74, 6) is 1.18. The van der Waals surface area contributed by atoms with Gasteiger partial charge in [0.1, 0.15) is 0 Å². The second kappa shape index (κ2) is 9.32. The van der Waals surface area contributed by atoms with E-state index in [2.05, 4.69) is 37.5 Å². The number of oxazole rings is 1. The van der Waals surface area contributed by atoms with Crippen molar-refractivity contribution in [1.82, 2.24) is 39.6 Å². The molecule has 0 bridgehead atoms. The van der Waals surface area contributed by atoms with Crippen LogP contribution in [0.2, 0.25) is 0 Å². The largest absolute Gasteiger partial charge is 0.443 e. The molecule has 37 heavy (non-hydrogen) atoms. The van der Waals surface area contributed by atoms with Crippen LogP contribution in [-0.4, -0.2) is 65.8 Å². The molecule has 1 fully saturated rings. The Morgan fingerprint density at radius 1 is 1.24 bits per heavy atom. The number of carbonyl (C=O) groups is 1. The molecule has 0 saturated carbocycles. The number of pyridine rings is 1. The molecule has 5 aromatic heterocycles. The zero-order chi connectivity index (χ0) is 25.5. The van der Waals surface area contributed by atoms with Crippen molar-refractivity contribution >= 4 is 33.8 Å². The van der Waals surface area contributed by atoms with Crippen molar-refractivity contribution in [3.8, 4) is 11.3 Å². The standard InChI is InChI=1S/C26H29N9O2/c1-16-5-4-7-34(16)8-6-28-26(36)18-9-21(17(2)29-11-18)31-25-20-12-30-35-14-19(23-13-27-15-37-23)10-22(35)24(20)33(3)32-25/h9-16H,4-8H2,1-3H3,(H,28,36)(H,31,32)/t16-/m0/s1. The topological polar surface area (TPSA) is 118 Å². The third-order valence-corrected chi connectivity index (χ3v) is 7.13. The number of fused-ring (bicyclic) bond motifs is 3. The van der Waals surface area contributed by atoms with Crippen molar-refractivity contribution < 1.29 is 9.21 Å². The minimum Gasteiger partial charge on any atom is -0.443 e. The number of nitrogens with zero attached hydrogens (tertiary/aromatic N) is 7. The SMILES string of the molecule is Cc1ncc(C(=O)NCCN2CCC[C@@H]2C)cc1Nc1nn(C)c2c1cnn1cc(-c3cnco3)cc21. The van der Waals surface area contributed by atoms with E-state index >= 15 is 0 Å². The minimum absolute atomic E-state index is 0.134. The van der Waals surface area contributed by atoms with E-state index in [4.69, 9.17) is 9.52 Å². The van der Waals surface area contributed by atoms with Gasteiger partial charge in [-0.1, -0.05) is 0 Å². The molecule has 1 saturated heterocycles. The molecule has 0 spiro atoms. The third kappa shape index (κ3) is 4.31. The van der Waals surface area contributed by atoms with E-state index in [1.807, 2.05) is 37.0 Å². The predicted molar refractivity (Wildman–Crippen MR) is 140 cm³/mol. The molecular formula is C26H29N9O2. The van der Waals surface area contributed by atoms with Gasteiger partial charge in [0, 0.05) is 44.1 Å². The molecule has 2 N–H and O–H groups in total. The van der Waals surface area contributed by atoms with E-state index in [1.54, 1.807) is 23.1 Å². The van der Waals surface area contributed by atoms with Crippen LogP contribution >= 0.6 is 0 Å². The highest BCUT2D eigenvalue weighted by molar-refractivity contribution is 6.01. The van der Waals surface area contributed by atoms with Crippen molar-refractivity contribution in [2.75, 3.05) is 25.0 Å². The Balaban J connectivity index is 1.24. The van der Waals surface area contributed by atoms with Crippen LogP contribution < -0.4 is 10.6 Å². The molecule has 6 rings (SSSR count). The zero-order valence-electron chi connectivity index (χ0n) is 21.1. The Kier molecular flexibility index (Phi) is 5.84. The van der Waals surface area contributed by atoms with Gasteiger partial charge in [0.25, 0.3) is 5.91 Å². The molecule has 0 aromatic carbocycles. The number of nitrogens with one attached hydrogen (secondary N) is 2. The molecule has 6 heterocycles. The summed E-state index contributed by atoms with van der Waals surface area (Å²) in [5, 5.41) is 16.5. The van der Waals surface area contributed by atoms with Gasteiger partial charge >= 0.3 is 0 Å². The van der Waals surface area contributed by atoms with E-state index in [-0.39, 0.29) is 5.91 Å². The summed E-state index contributed by atoms with van der Waals surface area (Å²) in [5.41, 5.74) is 4.68. The highest BCUT2D eigenvalue weighted by Gasteiger charge is 2.20. The lowest BCUT2D eigenvalue weighted by Gasteiger charge is -2.20. The van der Waals surface area contributed by atoms with Crippen LogP contribution in [0.25, 0.3) is 27.7 Å². The summed E-state index contributed by atoms with van der Waals surface area (Å²) < 4.78 is 9.06. The van der Waals surface area contributed by atoms with E-state index < -0.39 is 0 Å². The Morgan fingerprint density at radius 3 is 2.92 bits per heavy atom. The highest BCUT2D eigenvalue weighted by atomic mass is 16.3. The summed E-state index contributed by atoms with van der Waals surface area (Å²) in [6.45, 7) is 6.71. The van der Waals surface area contributed by atoms with Gasteiger partial charge < -0.3 is 15.1 Å². The first-order valence-corrected chi connectivity index (χ1v) is 12.5. The van der Waals surface area contributed by atoms with Crippen molar-refractivity contribution in [3.63, 3.8) is 0 Å². The normalized spacial score (nSPS) is 16.1. The Labute approximate surface area is 213 Å². The van der Waals surface area contributed by atoms with Gasteiger partial charge in [0.05, 0.1) is 45.8 Å². The molecule has 11 heteroatoms. The van der Waals surface area contributed by atoms with Gasteiger partial charge in [-0.3, -0.25) is 19.4 Å². The van der Waals surface area contributed by atoms with Crippen molar-refractivity contribution in [2.24, 2.45) is 7.05 Å². The summed E-state index contributed by atoms with van der Waals surface area (Å²) in [6, 6.07) is 4.40. The molecule has 0 unspecified atom stereocenters. The fourth-order valence-corrected chi connectivity index (χ4v) is 5.05. The number of likely N-dealkylation sites (tertiary alicyclic amines) is 1. The van der Waals surface area contributed by atoms with Gasteiger partial charge in [-0.05, 0) is 45.4 Å². The smallest absolute Gasteiger partial charge is 0.252 e.